The summed E-state index contributed by atoms with van der Waals surface area (Å²) in [5, 5.41) is 0. The highest BCUT2D eigenvalue weighted by Gasteiger charge is 2.58. The molecule has 5 heteroatoms. The van der Waals surface area contributed by atoms with E-state index in [4.69, 9.17) is 0 Å². The van der Waals surface area contributed by atoms with Crippen LogP contribution in [0.3, 0.4) is 0 Å². The molecular formula is C10H8F5. The maximum atomic E-state index is 12.8. The van der Waals surface area contributed by atoms with Gasteiger partial charge in [-0.2, -0.15) is 22.0 Å². The molecule has 0 aliphatic heterocycles. The van der Waals surface area contributed by atoms with Gasteiger partial charge in [-0.1, -0.05) is 25.1 Å². The molecule has 0 fully saturated rings. The Balaban J connectivity index is 3.15. The van der Waals surface area contributed by atoms with Crippen LogP contribution < -0.4 is 0 Å². The van der Waals surface area contributed by atoms with Gasteiger partial charge in [0.2, 0.25) is 0 Å². The standard InChI is InChI=1S/C10H8F5/c1-2-7-4-3-5-8(6-7)9(11,12)10(13,14)15/h2-6H,1H3. The molecule has 1 aromatic carbocycles. The Kier molecular flexibility index (Phi) is 3.02. The second-order valence-electron chi connectivity index (χ2n) is 2.99. The van der Waals surface area contributed by atoms with Crippen LogP contribution in [0.25, 0.3) is 0 Å². The summed E-state index contributed by atoms with van der Waals surface area (Å²) in [4.78, 5) is 0. The molecule has 0 nitrogen and oxygen atoms in total. The van der Waals surface area contributed by atoms with Crippen molar-refractivity contribution in [3.8, 4) is 0 Å². The van der Waals surface area contributed by atoms with E-state index in [0.717, 1.165) is 12.1 Å². The van der Waals surface area contributed by atoms with Crippen LogP contribution in [0.4, 0.5) is 22.0 Å². The van der Waals surface area contributed by atoms with Crippen LogP contribution in [0.2, 0.25) is 0 Å². The van der Waals surface area contributed by atoms with Crippen molar-refractivity contribution in [2.75, 3.05) is 0 Å². The normalized spacial score (nSPS) is 12.9. The van der Waals surface area contributed by atoms with E-state index in [-0.39, 0.29) is 0 Å². The largest absolute Gasteiger partial charge is 0.458 e. The summed E-state index contributed by atoms with van der Waals surface area (Å²) in [6, 6.07) is 4.22. The topological polar surface area (TPSA) is 0 Å². The molecule has 0 amide bonds. The number of hydrogen-bond acceptors (Lipinski definition) is 0. The predicted octanol–water partition coefficient (Wildman–Crippen LogP) is 3.91. The second kappa shape index (κ2) is 3.79. The molecule has 0 saturated carbocycles. The lowest BCUT2D eigenvalue weighted by Gasteiger charge is -2.20. The molecule has 1 rings (SSSR count). The van der Waals surface area contributed by atoms with Gasteiger partial charge in [0.05, 0.1) is 0 Å². The van der Waals surface area contributed by atoms with Crippen LogP contribution >= 0.6 is 0 Å². The van der Waals surface area contributed by atoms with Crippen molar-refractivity contribution in [2.45, 2.75) is 19.0 Å². The van der Waals surface area contributed by atoms with E-state index in [1.165, 1.54) is 18.6 Å². The van der Waals surface area contributed by atoms with Crippen LogP contribution in [0.5, 0.6) is 0 Å². The van der Waals surface area contributed by atoms with Crippen LogP contribution in [0, 0.1) is 6.42 Å². The zero-order valence-electron chi connectivity index (χ0n) is 7.78. The van der Waals surface area contributed by atoms with Gasteiger partial charge in [-0.15, -0.1) is 0 Å². The van der Waals surface area contributed by atoms with E-state index >= 15 is 0 Å². The van der Waals surface area contributed by atoms with Crippen molar-refractivity contribution >= 4 is 0 Å². The molecule has 0 atom stereocenters. The molecule has 1 radical (unpaired) electrons. The Hall–Kier alpha value is -1.13. The third-order valence-electron chi connectivity index (χ3n) is 1.94. The number of hydrogen-bond donors (Lipinski definition) is 0. The Morgan fingerprint density at radius 1 is 1.07 bits per heavy atom. The highest BCUT2D eigenvalue weighted by Crippen LogP contribution is 2.43. The Morgan fingerprint density at radius 2 is 1.67 bits per heavy atom. The molecule has 0 aliphatic rings. The first-order valence-electron chi connectivity index (χ1n) is 4.13. The Morgan fingerprint density at radius 3 is 2.13 bits per heavy atom. The van der Waals surface area contributed by atoms with Gasteiger partial charge < -0.3 is 0 Å². The minimum Gasteiger partial charge on any atom is -0.191 e. The quantitative estimate of drug-likeness (QED) is 0.667. The predicted molar refractivity (Wildman–Crippen MR) is 45.5 cm³/mol. The van der Waals surface area contributed by atoms with Gasteiger partial charge in [0.15, 0.2) is 0 Å². The highest BCUT2D eigenvalue weighted by atomic mass is 19.4. The summed E-state index contributed by atoms with van der Waals surface area (Å²) in [5.74, 6) is -4.80. The number of rotatable bonds is 2. The van der Waals surface area contributed by atoms with Crippen molar-refractivity contribution in [1.29, 1.82) is 0 Å². The minimum atomic E-state index is -5.56. The van der Waals surface area contributed by atoms with E-state index < -0.39 is 17.7 Å². The minimum absolute atomic E-state index is 0.330. The fourth-order valence-corrected chi connectivity index (χ4v) is 1.08. The van der Waals surface area contributed by atoms with Gasteiger partial charge in [0.25, 0.3) is 0 Å². The lowest BCUT2D eigenvalue weighted by Crippen LogP contribution is -2.33. The Bertz CT molecular complexity index is 340. The zero-order valence-corrected chi connectivity index (χ0v) is 7.78. The van der Waals surface area contributed by atoms with E-state index in [1.54, 1.807) is 6.92 Å². The highest BCUT2D eigenvalue weighted by molar-refractivity contribution is 5.31. The molecule has 1 aromatic rings. The van der Waals surface area contributed by atoms with Crippen LogP contribution in [-0.4, -0.2) is 6.18 Å². The van der Waals surface area contributed by atoms with Crippen molar-refractivity contribution in [2.24, 2.45) is 0 Å². The molecule has 0 spiro atoms. The van der Waals surface area contributed by atoms with Gasteiger partial charge in [-0.25, -0.2) is 0 Å². The Labute approximate surface area is 83.7 Å². The van der Waals surface area contributed by atoms with Crippen LogP contribution in [0.15, 0.2) is 24.3 Å². The SMILES string of the molecule is C[CH]c1cccc(C(F)(F)C(F)(F)F)c1. The van der Waals surface area contributed by atoms with Crippen molar-refractivity contribution in [1.82, 2.24) is 0 Å². The fourth-order valence-electron chi connectivity index (χ4n) is 1.08. The van der Waals surface area contributed by atoms with Gasteiger partial charge in [0.1, 0.15) is 0 Å². The average Bonchev–Trinajstić information content (AvgIpc) is 2.16. The molecule has 0 unspecified atom stereocenters. The van der Waals surface area contributed by atoms with Gasteiger partial charge in [-0.05, 0) is 18.1 Å². The summed E-state index contributed by atoms with van der Waals surface area (Å²) in [6.45, 7) is 1.56. The number of alkyl halides is 5. The summed E-state index contributed by atoms with van der Waals surface area (Å²) in [7, 11) is 0. The summed E-state index contributed by atoms with van der Waals surface area (Å²) >= 11 is 0. The average molecular weight is 223 g/mol. The van der Waals surface area contributed by atoms with E-state index in [2.05, 4.69) is 0 Å². The van der Waals surface area contributed by atoms with Gasteiger partial charge in [-0.3, -0.25) is 0 Å². The van der Waals surface area contributed by atoms with Crippen LogP contribution in [0.1, 0.15) is 18.1 Å². The van der Waals surface area contributed by atoms with Gasteiger partial charge >= 0.3 is 12.1 Å². The first-order valence-corrected chi connectivity index (χ1v) is 4.13. The number of benzene rings is 1. The van der Waals surface area contributed by atoms with Crippen molar-refractivity contribution < 1.29 is 22.0 Å². The molecule has 0 aliphatic carbocycles. The van der Waals surface area contributed by atoms with E-state index in [0.29, 0.717) is 5.56 Å². The maximum Gasteiger partial charge on any atom is 0.458 e. The third-order valence-corrected chi connectivity index (χ3v) is 1.94. The number of halogens is 5. The third kappa shape index (κ3) is 2.27. The molecule has 0 saturated heterocycles. The first-order chi connectivity index (χ1) is 6.79. The first kappa shape index (κ1) is 11.9. The van der Waals surface area contributed by atoms with Gasteiger partial charge in [0, 0.05) is 5.56 Å². The molecule has 0 bridgehead atoms. The smallest absolute Gasteiger partial charge is 0.191 e. The second-order valence-corrected chi connectivity index (χ2v) is 2.99. The van der Waals surface area contributed by atoms with E-state index in [1.807, 2.05) is 0 Å². The van der Waals surface area contributed by atoms with E-state index in [9.17, 15) is 22.0 Å². The van der Waals surface area contributed by atoms with Crippen molar-refractivity contribution in [3.63, 3.8) is 0 Å². The van der Waals surface area contributed by atoms with Crippen molar-refractivity contribution in [3.05, 3.63) is 41.8 Å². The molecule has 0 heterocycles. The maximum absolute atomic E-state index is 12.8. The molecule has 0 N–H and O–H groups in total. The summed E-state index contributed by atoms with van der Waals surface area (Å²) in [5.41, 5.74) is -0.706. The lowest BCUT2D eigenvalue weighted by atomic mass is 10.0. The molecular weight excluding hydrogens is 215 g/mol. The summed E-state index contributed by atoms with van der Waals surface area (Å²) < 4.78 is 61.7. The fraction of sp³-hybridized carbons (Fsp3) is 0.300. The molecule has 15 heavy (non-hydrogen) atoms. The molecule has 83 valence electrons. The molecule has 0 aromatic heterocycles. The lowest BCUT2D eigenvalue weighted by molar-refractivity contribution is -0.289. The summed E-state index contributed by atoms with van der Waals surface area (Å²) in [6.07, 6.45) is -4.10. The van der Waals surface area contributed by atoms with Crippen LogP contribution in [-0.2, 0) is 5.92 Å². The zero-order chi connectivity index (χ0) is 11.7. The monoisotopic (exact) mass is 223 g/mol.